The molecule has 6 aromatic rings. The predicted octanol–water partition coefficient (Wildman–Crippen LogP) is 8.42. The molecule has 0 bridgehead atoms. The van der Waals surface area contributed by atoms with Crippen molar-refractivity contribution in [2.24, 2.45) is 0 Å². The third-order valence-corrected chi connectivity index (χ3v) is 7.91. The largest absolute Gasteiger partial charge is 4.00 e. The average molecular weight is 1040 g/mol. The summed E-state index contributed by atoms with van der Waals surface area (Å²) in [7, 11) is 1.93. The van der Waals surface area contributed by atoms with Gasteiger partial charge in [0.15, 0.2) is 7.05 Å². The monoisotopic (exact) mass is 1040 g/mol. The fourth-order valence-electron chi connectivity index (χ4n) is 5.49. The molecule has 0 amide bonds. The Balaban J connectivity index is 0.000000523. The molecule has 0 N–H and O–H groups in total. The predicted molar refractivity (Wildman–Crippen MR) is 191 cm³/mol. The molecule has 0 atom stereocenters. The third-order valence-electron chi connectivity index (χ3n) is 7.91. The van der Waals surface area contributed by atoms with Gasteiger partial charge in [-0.05, 0) is 25.0 Å². The first-order chi connectivity index (χ1) is 24.6. The minimum atomic E-state index is 0. The van der Waals surface area contributed by atoms with Crippen molar-refractivity contribution in [1.82, 2.24) is 9.55 Å². The summed E-state index contributed by atoms with van der Waals surface area (Å²) in [5.41, 5.74) is 5.25. The minimum Gasteiger partial charge on any atom is -0.669 e. The number of ether oxygens (including phenoxy) is 2. The first-order valence-corrected chi connectivity index (χ1v) is 16.2. The molecular weight excluding hydrogens is 1010 g/mol. The second kappa shape index (κ2) is 18.3. The maximum Gasteiger partial charge on any atom is 4.00 e. The first-order valence-electron chi connectivity index (χ1n) is 16.2. The summed E-state index contributed by atoms with van der Waals surface area (Å²) in [6.45, 7) is 2.05. The minimum absolute atomic E-state index is 0. The normalized spacial score (nSPS) is 12.7. The molecule has 4 aromatic carbocycles. The molecule has 1 fully saturated rings. The van der Waals surface area contributed by atoms with Gasteiger partial charge in [-0.2, -0.15) is 36.4 Å². The second-order valence-corrected chi connectivity index (χ2v) is 11.5. The zero-order chi connectivity index (χ0) is 34.1. The Hall–Kier alpha value is -5.23. The van der Waals surface area contributed by atoms with Crippen LogP contribution in [0.25, 0.3) is 22.4 Å². The van der Waals surface area contributed by atoms with Crippen LogP contribution >= 0.6 is 0 Å². The summed E-state index contributed by atoms with van der Waals surface area (Å²) in [6, 6.07) is 50.9. The number of aromatic nitrogens is 2. The van der Waals surface area contributed by atoms with Gasteiger partial charge in [0, 0.05) is 48.5 Å². The van der Waals surface area contributed by atoms with E-state index in [1.54, 1.807) is 23.2 Å². The zero-order valence-corrected chi connectivity index (χ0v) is 32.6. The number of anilines is 1. The molecule has 2 aliphatic heterocycles. The third kappa shape index (κ3) is 9.75. The van der Waals surface area contributed by atoms with Crippen molar-refractivity contribution in [1.29, 1.82) is 0 Å². The molecule has 1 saturated heterocycles. The van der Waals surface area contributed by atoms with Gasteiger partial charge >= 0.3 is 48.1 Å². The number of hydrogen-bond donors (Lipinski definition) is 0. The molecule has 0 spiro atoms. The molecule has 7 nitrogen and oxygen atoms in total. The van der Waals surface area contributed by atoms with Crippen molar-refractivity contribution in [2.45, 2.75) is 12.8 Å². The summed E-state index contributed by atoms with van der Waals surface area (Å²) in [5, 5.41) is 0. The van der Waals surface area contributed by atoms with E-state index in [0.717, 1.165) is 46.8 Å². The van der Waals surface area contributed by atoms with E-state index in [4.69, 9.17) is 15.9 Å². The Morgan fingerprint density at radius 2 is 1.50 bits per heavy atom. The van der Waals surface area contributed by atoms with E-state index in [9.17, 15) is 0 Å². The van der Waals surface area contributed by atoms with E-state index >= 15 is 0 Å². The van der Waals surface area contributed by atoms with Gasteiger partial charge in [0.05, 0.1) is 0 Å². The van der Waals surface area contributed by atoms with Crippen LogP contribution in [0, 0.1) is 42.8 Å². The first kappa shape index (κ1) is 38.0. The maximum absolute atomic E-state index is 6.57. The van der Waals surface area contributed by atoms with Crippen LogP contribution in [0.4, 0.5) is 11.4 Å². The fraction of sp³-hybridized carbons (Fsp3) is 0.116. The van der Waals surface area contributed by atoms with Crippen molar-refractivity contribution in [3.05, 3.63) is 159 Å². The molecule has 9 heteroatoms. The molecule has 258 valence electrons. The summed E-state index contributed by atoms with van der Waals surface area (Å²) in [4.78, 5) is 6.99. The summed E-state index contributed by atoms with van der Waals surface area (Å²) in [5.74, 6) is 2.45. The molecular formula is C43H31N5O2Pt2+2. The van der Waals surface area contributed by atoms with Crippen molar-refractivity contribution in [3.8, 4) is 51.4 Å². The van der Waals surface area contributed by atoms with Crippen molar-refractivity contribution in [3.63, 3.8) is 0 Å². The topological polar surface area (TPSA) is 45.5 Å². The zero-order valence-electron chi connectivity index (χ0n) is 28.1. The van der Waals surface area contributed by atoms with Gasteiger partial charge in [-0.3, -0.25) is 11.1 Å². The SMILES string of the molecule is C[N+]1=C=[N+](c2[c-]c(Oc3[c-]c(-c4cc(-c5[c-]c(Oc6[c-]cccc6)cc(N6CCCC6)c5)[c-]cn4)ccc3)ccc2)C=C1.[C-]#Cn1cccc1.[Pt+2].[Pt+4]. The van der Waals surface area contributed by atoms with Crippen LogP contribution in [0.2, 0.25) is 0 Å². The van der Waals surface area contributed by atoms with Crippen LogP contribution in [0.5, 0.6) is 23.0 Å². The quantitative estimate of drug-likeness (QED) is 0.0874. The molecule has 2 aromatic heterocycles. The van der Waals surface area contributed by atoms with Crippen LogP contribution in [0.1, 0.15) is 12.8 Å². The average Bonchev–Trinajstić information content (AvgIpc) is 3.97. The van der Waals surface area contributed by atoms with E-state index in [1.165, 1.54) is 12.8 Å². The Morgan fingerprint density at radius 1 is 0.769 bits per heavy atom. The molecule has 2 aliphatic rings. The van der Waals surface area contributed by atoms with E-state index in [-0.39, 0.29) is 42.1 Å². The number of hydrogen-bond acceptors (Lipinski definition) is 4. The van der Waals surface area contributed by atoms with Gasteiger partial charge < -0.3 is 30.3 Å². The van der Waals surface area contributed by atoms with Gasteiger partial charge in [-0.15, -0.1) is 42.0 Å². The molecule has 0 radical (unpaired) electrons. The second-order valence-electron chi connectivity index (χ2n) is 11.5. The fourth-order valence-corrected chi connectivity index (χ4v) is 5.49. The van der Waals surface area contributed by atoms with Gasteiger partial charge in [0.2, 0.25) is 6.20 Å². The summed E-state index contributed by atoms with van der Waals surface area (Å²) in [6.07, 6.45) is 18.0. The molecule has 0 aliphatic carbocycles. The molecule has 0 saturated carbocycles. The number of pyridine rings is 1. The number of nitrogens with zero attached hydrogens (tertiary/aromatic N) is 5. The molecule has 0 unspecified atom stereocenters. The Bertz CT molecular complexity index is 2250. The Labute approximate surface area is 333 Å². The van der Waals surface area contributed by atoms with Crippen molar-refractivity contribution >= 4 is 17.4 Å². The van der Waals surface area contributed by atoms with E-state index in [1.807, 2.05) is 114 Å². The van der Waals surface area contributed by atoms with E-state index in [0.29, 0.717) is 23.0 Å². The van der Waals surface area contributed by atoms with E-state index in [2.05, 4.69) is 58.3 Å². The van der Waals surface area contributed by atoms with Gasteiger partial charge in [0.25, 0.3) is 6.20 Å². The Kier molecular flexibility index (Phi) is 13.4. The number of rotatable bonds is 8. The van der Waals surface area contributed by atoms with Crippen molar-refractivity contribution in [2.75, 3.05) is 25.0 Å². The van der Waals surface area contributed by atoms with E-state index < -0.39 is 0 Å². The van der Waals surface area contributed by atoms with Crippen LogP contribution in [-0.4, -0.2) is 44.8 Å². The number of benzene rings is 4. The summed E-state index contributed by atoms with van der Waals surface area (Å²) < 4.78 is 17.6. The van der Waals surface area contributed by atoms with Crippen LogP contribution in [-0.2, 0) is 42.1 Å². The smallest absolute Gasteiger partial charge is 0.669 e. The molecule has 4 heterocycles. The van der Waals surface area contributed by atoms with Crippen LogP contribution in [0.15, 0.2) is 122 Å². The molecule has 8 rings (SSSR count). The number of para-hydroxylation sites is 1. The van der Waals surface area contributed by atoms with Gasteiger partial charge in [-0.25, -0.2) is 18.2 Å². The standard InChI is InChI=1S/C37H27N4O2.C6H4N.2Pt/c1-39-19-20-41(27-39)31-10-8-14-35(25-31)43-34-13-7-9-29(22-34)37-24-28(15-16-38-37)30-21-32(40-17-5-6-18-40)26-36(23-30)42-33-11-3-2-4-12-33;1-2-7-5-3-4-6-7;;/h2-4,7-11,13-14,16,19-21,24,26H,5-6,17-18H2,1H3;3-6H;;/q-3;-1;+2;+4. The summed E-state index contributed by atoms with van der Waals surface area (Å²) >= 11 is 0. The van der Waals surface area contributed by atoms with Gasteiger partial charge in [-0.1, -0.05) is 51.0 Å². The Morgan fingerprint density at radius 3 is 2.21 bits per heavy atom. The van der Waals surface area contributed by atoms with Gasteiger partial charge in [0.1, 0.15) is 5.69 Å². The van der Waals surface area contributed by atoms with Crippen LogP contribution in [0.3, 0.4) is 0 Å². The molecule has 52 heavy (non-hydrogen) atoms. The van der Waals surface area contributed by atoms with Crippen LogP contribution < -0.4 is 14.4 Å². The van der Waals surface area contributed by atoms with Crippen molar-refractivity contribution < 1.29 is 60.8 Å². The maximum atomic E-state index is 6.57.